The third kappa shape index (κ3) is 3.12. The zero-order valence-corrected chi connectivity index (χ0v) is 14.0. The fraction of sp³-hybridized carbons (Fsp3) is 0.0500. The van der Waals surface area contributed by atoms with E-state index in [1.165, 1.54) is 6.21 Å². The number of carbonyl (C=O) groups is 1. The van der Waals surface area contributed by atoms with Crippen molar-refractivity contribution >= 4 is 23.0 Å². The summed E-state index contributed by atoms with van der Waals surface area (Å²) in [7, 11) is 0. The Hall–Kier alpha value is -3.67. The summed E-state index contributed by atoms with van der Waals surface area (Å²) in [5.74, 6) is 1.61. The molecular weight excluding hydrogens is 330 g/mol. The monoisotopic (exact) mass is 345 g/mol. The van der Waals surface area contributed by atoms with Crippen LogP contribution < -0.4 is 5.43 Å². The van der Waals surface area contributed by atoms with E-state index >= 15 is 0 Å². The summed E-state index contributed by atoms with van der Waals surface area (Å²) in [5.41, 5.74) is 4.29. The molecule has 1 amide bonds. The van der Waals surface area contributed by atoms with Crippen LogP contribution in [0, 0.1) is 6.92 Å². The minimum absolute atomic E-state index is 0.337. The van der Waals surface area contributed by atoms with Crippen LogP contribution in [0.4, 0.5) is 0 Å². The Morgan fingerprint density at radius 1 is 1.15 bits per heavy atom. The highest BCUT2D eigenvalue weighted by Gasteiger charge is 2.14. The average molecular weight is 345 g/mol. The summed E-state index contributed by atoms with van der Waals surface area (Å²) in [5, 5.41) is 4.71. The van der Waals surface area contributed by atoms with Crippen LogP contribution in [-0.2, 0) is 0 Å². The number of para-hydroxylation sites is 1. The lowest BCUT2D eigenvalue weighted by atomic mass is 10.1. The number of carbonyl (C=O) groups excluding carboxylic acids is 1. The third-order valence-electron chi connectivity index (χ3n) is 3.85. The number of nitrogens with one attached hydrogen (secondary N) is 1. The molecule has 0 unspecified atom stereocenters. The van der Waals surface area contributed by atoms with Gasteiger partial charge in [0.1, 0.15) is 17.2 Å². The van der Waals surface area contributed by atoms with Crippen LogP contribution in [-0.4, -0.2) is 17.1 Å². The van der Waals surface area contributed by atoms with Crippen molar-refractivity contribution in [3.63, 3.8) is 0 Å². The van der Waals surface area contributed by atoms with Gasteiger partial charge in [0, 0.05) is 5.39 Å². The van der Waals surface area contributed by atoms with Gasteiger partial charge in [-0.05, 0) is 43.3 Å². The first-order chi connectivity index (χ1) is 12.7. The summed E-state index contributed by atoms with van der Waals surface area (Å²) >= 11 is 0. The van der Waals surface area contributed by atoms with Crippen molar-refractivity contribution in [2.75, 3.05) is 0 Å². The molecule has 0 atom stereocenters. The largest absolute Gasteiger partial charge is 0.463 e. The van der Waals surface area contributed by atoms with Crippen LogP contribution in [0.25, 0.3) is 22.4 Å². The normalized spacial score (nSPS) is 11.3. The maximum Gasteiger partial charge on any atom is 0.272 e. The molecule has 0 saturated heterocycles. The first-order valence-electron chi connectivity index (χ1n) is 8.04. The van der Waals surface area contributed by atoms with Crippen molar-refractivity contribution in [2.24, 2.45) is 5.10 Å². The van der Waals surface area contributed by atoms with Gasteiger partial charge in [0.25, 0.3) is 5.91 Å². The highest BCUT2D eigenvalue weighted by molar-refractivity contribution is 6.07. The van der Waals surface area contributed by atoms with E-state index in [9.17, 15) is 4.79 Å². The number of pyridine rings is 1. The van der Waals surface area contributed by atoms with Gasteiger partial charge in [-0.15, -0.1) is 0 Å². The van der Waals surface area contributed by atoms with Gasteiger partial charge in [0.05, 0.1) is 23.6 Å². The quantitative estimate of drug-likeness (QED) is 0.445. The molecule has 3 heterocycles. The van der Waals surface area contributed by atoms with Crippen molar-refractivity contribution in [3.05, 3.63) is 77.9 Å². The number of nitrogens with zero attached hydrogens (tertiary/aromatic N) is 2. The van der Waals surface area contributed by atoms with Crippen molar-refractivity contribution in [3.8, 4) is 11.5 Å². The predicted molar refractivity (Wildman–Crippen MR) is 98.0 cm³/mol. The number of furan rings is 2. The molecule has 0 aliphatic rings. The Morgan fingerprint density at radius 3 is 2.81 bits per heavy atom. The highest BCUT2D eigenvalue weighted by atomic mass is 16.3. The third-order valence-corrected chi connectivity index (χ3v) is 3.85. The van der Waals surface area contributed by atoms with E-state index in [1.54, 1.807) is 30.5 Å². The van der Waals surface area contributed by atoms with E-state index in [-0.39, 0.29) is 5.91 Å². The molecule has 1 N–H and O–H groups in total. The maximum atomic E-state index is 12.7. The van der Waals surface area contributed by atoms with E-state index in [0.717, 1.165) is 11.1 Å². The van der Waals surface area contributed by atoms with Crippen LogP contribution in [0.5, 0.6) is 0 Å². The fourth-order valence-electron chi connectivity index (χ4n) is 2.65. The minimum atomic E-state index is -0.337. The number of aryl methyl sites for hydroxylation is 1. The van der Waals surface area contributed by atoms with Crippen molar-refractivity contribution < 1.29 is 13.6 Å². The number of hydrogen-bond acceptors (Lipinski definition) is 5. The number of benzene rings is 1. The molecule has 3 aromatic heterocycles. The molecule has 128 valence electrons. The molecule has 26 heavy (non-hydrogen) atoms. The van der Waals surface area contributed by atoms with E-state index < -0.39 is 0 Å². The van der Waals surface area contributed by atoms with E-state index in [2.05, 4.69) is 15.5 Å². The Morgan fingerprint density at radius 2 is 2.04 bits per heavy atom. The number of rotatable bonds is 4. The zero-order chi connectivity index (χ0) is 17.9. The lowest BCUT2D eigenvalue weighted by Gasteiger charge is -2.07. The Bertz CT molecular complexity index is 1090. The topological polar surface area (TPSA) is 80.6 Å². The standard InChI is InChI=1S/C20H15N3O3/c1-13-8-9-14(26-13)12-21-23-20(24)16-11-18(19-7-4-10-25-19)22-17-6-3-2-5-15(16)17/h2-12H,1H3,(H,23,24)/b21-12-. The molecule has 1 aromatic carbocycles. The molecule has 0 fully saturated rings. The van der Waals surface area contributed by atoms with E-state index in [4.69, 9.17) is 8.83 Å². The molecule has 6 nitrogen and oxygen atoms in total. The van der Waals surface area contributed by atoms with Crippen LogP contribution >= 0.6 is 0 Å². The Kier molecular flexibility index (Phi) is 4.07. The van der Waals surface area contributed by atoms with Crippen LogP contribution in [0.3, 0.4) is 0 Å². The van der Waals surface area contributed by atoms with Gasteiger partial charge < -0.3 is 8.83 Å². The fourth-order valence-corrected chi connectivity index (χ4v) is 2.65. The summed E-state index contributed by atoms with van der Waals surface area (Å²) < 4.78 is 10.8. The molecule has 6 heteroatoms. The minimum Gasteiger partial charge on any atom is -0.463 e. The number of hydrazone groups is 1. The summed E-state index contributed by atoms with van der Waals surface area (Å²) in [6.07, 6.45) is 3.03. The molecule has 0 aliphatic heterocycles. The lowest BCUT2D eigenvalue weighted by molar-refractivity contribution is 0.0956. The summed E-state index contributed by atoms with van der Waals surface area (Å²) in [6, 6.07) is 16.3. The molecule has 4 rings (SSSR count). The first-order valence-corrected chi connectivity index (χ1v) is 8.04. The van der Waals surface area contributed by atoms with E-state index in [0.29, 0.717) is 28.3 Å². The highest BCUT2D eigenvalue weighted by Crippen LogP contribution is 2.25. The van der Waals surface area contributed by atoms with Crippen LogP contribution in [0.15, 0.2) is 74.8 Å². The second-order valence-corrected chi connectivity index (χ2v) is 5.70. The van der Waals surface area contributed by atoms with Gasteiger partial charge >= 0.3 is 0 Å². The SMILES string of the molecule is Cc1ccc(/C=N\NC(=O)c2cc(-c3ccco3)nc3ccccc23)o1. The molecular formula is C20H15N3O3. The first kappa shape index (κ1) is 15.8. The van der Waals surface area contributed by atoms with Gasteiger partial charge in [-0.25, -0.2) is 10.4 Å². The zero-order valence-electron chi connectivity index (χ0n) is 14.0. The lowest BCUT2D eigenvalue weighted by Crippen LogP contribution is -2.18. The van der Waals surface area contributed by atoms with Gasteiger partial charge in [0.2, 0.25) is 0 Å². The predicted octanol–water partition coefficient (Wildman–Crippen LogP) is 4.16. The number of amides is 1. The van der Waals surface area contributed by atoms with Gasteiger partial charge in [0.15, 0.2) is 5.76 Å². The Balaban J connectivity index is 1.67. The molecule has 0 spiro atoms. The smallest absolute Gasteiger partial charge is 0.272 e. The maximum absolute atomic E-state index is 12.7. The van der Waals surface area contributed by atoms with Crippen molar-refractivity contribution in [2.45, 2.75) is 6.92 Å². The average Bonchev–Trinajstić information content (AvgIpc) is 3.32. The number of fused-ring (bicyclic) bond motifs is 1. The molecule has 4 aromatic rings. The summed E-state index contributed by atoms with van der Waals surface area (Å²) in [6.45, 7) is 1.84. The molecule has 0 radical (unpaired) electrons. The Labute approximate surface area is 149 Å². The molecule has 0 saturated carbocycles. The number of hydrogen-bond donors (Lipinski definition) is 1. The second-order valence-electron chi connectivity index (χ2n) is 5.70. The van der Waals surface area contributed by atoms with Gasteiger partial charge in [-0.3, -0.25) is 4.79 Å². The molecule has 0 aliphatic carbocycles. The summed E-state index contributed by atoms with van der Waals surface area (Å²) in [4.78, 5) is 17.2. The number of aromatic nitrogens is 1. The molecule has 0 bridgehead atoms. The van der Waals surface area contributed by atoms with Crippen molar-refractivity contribution in [1.82, 2.24) is 10.4 Å². The van der Waals surface area contributed by atoms with Gasteiger partial charge in [-0.1, -0.05) is 18.2 Å². The van der Waals surface area contributed by atoms with Crippen LogP contribution in [0.1, 0.15) is 21.9 Å². The van der Waals surface area contributed by atoms with Gasteiger partial charge in [-0.2, -0.15) is 5.10 Å². The second kappa shape index (κ2) is 6.68. The van der Waals surface area contributed by atoms with Crippen LogP contribution in [0.2, 0.25) is 0 Å². The van der Waals surface area contributed by atoms with Crippen molar-refractivity contribution in [1.29, 1.82) is 0 Å². The van der Waals surface area contributed by atoms with E-state index in [1.807, 2.05) is 37.3 Å².